The third kappa shape index (κ3) is 22.8. The zero-order valence-corrected chi connectivity index (χ0v) is 3.88. The third-order valence-corrected chi connectivity index (χ3v) is 0. The summed E-state index contributed by atoms with van der Waals surface area (Å²) in [4.78, 5) is 0. The summed E-state index contributed by atoms with van der Waals surface area (Å²) < 4.78 is 0. The molecule has 0 spiro atoms. The van der Waals surface area contributed by atoms with Gasteiger partial charge in [-0.1, -0.05) is 0 Å². The average Bonchev–Trinajstić information content (AvgIpc) is 0.918. The predicted molar refractivity (Wildman–Crippen MR) is 15.6 cm³/mol. The minimum atomic E-state index is 0. The maximum atomic E-state index is 2.00. The Bertz CT molecular complexity index is 3.25. The van der Waals surface area contributed by atoms with Gasteiger partial charge in [-0.15, -0.1) is 0 Å². The summed E-state index contributed by atoms with van der Waals surface area (Å²) in [7, 11) is 0. The molecule has 0 heterocycles. The molecule has 0 aromatic rings. The van der Waals surface area contributed by atoms with Gasteiger partial charge in [0.1, 0.15) is 0 Å². The van der Waals surface area contributed by atoms with Gasteiger partial charge in [-0.25, -0.2) is 0 Å². The summed E-state index contributed by atoms with van der Waals surface area (Å²) in [6.45, 7) is 4.00. The van der Waals surface area contributed by atoms with E-state index in [1.54, 1.807) is 0 Å². The second-order valence-corrected chi connectivity index (χ2v) is 0.577. The summed E-state index contributed by atoms with van der Waals surface area (Å²) in [6, 6.07) is 0. The van der Waals surface area contributed by atoms with Gasteiger partial charge < -0.3 is 6.42 Å². The van der Waals surface area contributed by atoms with Gasteiger partial charge in [-0.2, -0.15) is 13.8 Å². The normalized spacial score (nSPS) is 4.50. The predicted octanol–water partition coefficient (Wildman–Crippen LogP) is 1.23. The second-order valence-electron chi connectivity index (χ2n) is 0.577. The number of hydrogen-bond acceptors (Lipinski definition) is 0. The molecule has 0 aliphatic carbocycles. The van der Waals surface area contributed by atoms with Crippen LogP contribution in [0, 0.1) is 6.42 Å². The van der Waals surface area contributed by atoms with Crippen LogP contribution in [-0.2, 0) is 16.5 Å². The van der Waals surface area contributed by atoms with Crippen LogP contribution in [0.3, 0.4) is 0 Å². The van der Waals surface area contributed by atoms with Crippen molar-refractivity contribution >= 4 is 0 Å². The van der Waals surface area contributed by atoms with Gasteiger partial charge in [-0.05, 0) is 0 Å². The molecule has 0 nitrogen and oxygen atoms in total. The van der Waals surface area contributed by atoms with Crippen LogP contribution in [0.15, 0.2) is 0 Å². The first kappa shape index (κ1) is 8.82. The van der Waals surface area contributed by atoms with Crippen LogP contribution in [-0.4, -0.2) is 0 Å². The molecule has 0 saturated carbocycles. The van der Waals surface area contributed by atoms with Crippen molar-refractivity contribution < 1.29 is 16.5 Å². The Morgan fingerprint density at radius 2 is 1.25 bits per heavy atom. The largest absolute Gasteiger partial charge is 0.335 e. The first-order valence-electron chi connectivity index (χ1n) is 1.15. The molecule has 1 heteroatoms. The minimum Gasteiger partial charge on any atom is -0.335 e. The molecule has 0 aliphatic rings. The van der Waals surface area contributed by atoms with Crippen molar-refractivity contribution in [3.63, 3.8) is 0 Å². The van der Waals surface area contributed by atoms with Crippen molar-refractivity contribution in [1.82, 2.24) is 0 Å². The molecule has 0 bridgehead atoms. The summed E-state index contributed by atoms with van der Waals surface area (Å²) in [5, 5.41) is 0. The Morgan fingerprint density at radius 3 is 1.25 bits per heavy atom. The summed E-state index contributed by atoms with van der Waals surface area (Å²) in [6.07, 6.45) is 2.00. The Hall–Kier alpha value is 0.494. The minimum absolute atomic E-state index is 0. The number of rotatable bonds is 0. The van der Waals surface area contributed by atoms with Crippen molar-refractivity contribution in [3.8, 4) is 0 Å². The summed E-state index contributed by atoms with van der Waals surface area (Å²) >= 11 is 0. The standard InChI is InChI=1S/C3H7.Ni/c1-3-2;/h3H,1-2H3;/q-1;. The average molecular weight is 102 g/mol. The van der Waals surface area contributed by atoms with Gasteiger partial charge in [0.25, 0.3) is 0 Å². The van der Waals surface area contributed by atoms with Crippen LogP contribution in [0.5, 0.6) is 0 Å². The Morgan fingerprint density at radius 1 is 1.25 bits per heavy atom. The fourth-order valence-electron chi connectivity index (χ4n) is 0. The van der Waals surface area contributed by atoms with Crippen LogP contribution in [0.2, 0.25) is 0 Å². The van der Waals surface area contributed by atoms with E-state index in [-0.39, 0.29) is 16.5 Å². The van der Waals surface area contributed by atoms with Crippen molar-refractivity contribution in [1.29, 1.82) is 0 Å². The van der Waals surface area contributed by atoms with Crippen LogP contribution in [0.1, 0.15) is 13.8 Å². The first-order valence-corrected chi connectivity index (χ1v) is 1.15. The van der Waals surface area contributed by atoms with E-state index in [0.29, 0.717) is 0 Å². The van der Waals surface area contributed by atoms with Gasteiger partial charge in [0, 0.05) is 16.5 Å². The van der Waals surface area contributed by atoms with Gasteiger partial charge in [0.05, 0.1) is 0 Å². The first-order chi connectivity index (χ1) is 1.41. The molecular weight excluding hydrogens is 94.7 g/mol. The second kappa shape index (κ2) is 9.74. The van der Waals surface area contributed by atoms with E-state index in [4.69, 9.17) is 0 Å². The molecule has 0 aromatic heterocycles. The van der Waals surface area contributed by atoms with Crippen molar-refractivity contribution in [2.45, 2.75) is 13.8 Å². The van der Waals surface area contributed by atoms with E-state index in [1.165, 1.54) is 0 Å². The van der Waals surface area contributed by atoms with Crippen LogP contribution < -0.4 is 0 Å². The van der Waals surface area contributed by atoms with E-state index in [0.717, 1.165) is 0 Å². The van der Waals surface area contributed by atoms with E-state index < -0.39 is 0 Å². The molecule has 0 saturated heterocycles. The van der Waals surface area contributed by atoms with E-state index in [9.17, 15) is 0 Å². The molecule has 0 rings (SSSR count). The zero-order chi connectivity index (χ0) is 2.71. The molecule has 0 atom stereocenters. The molecule has 0 amide bonds. The zero-order valence-electron chi connectivity index (χ0n) is 2.89. The van der Waals surface area contributed by atoms with Crippen molar-refractivity contribution in [2.24, 2.45) is 0 Å². The maximum Gasteiger partial charge on any atom is 0 e. The quantitative estimate of drug-likeness (QED) is 0.318. The molecular formula is C3H7Ni-. The van der Waals surface area contributed by atoms with Gasteiger partial charge in [-0.3, -0.25) is 0 Å². The smallest absolute Gasteiger partial charge is 0 e. The molecule has 30 valence electrons. The monoisotopic (exact) mass is 101 g/mol. The fourth-order valence-corrected chi connectivity index (χ4v) is 0. The molecule has 0 aromatic carbocycles. The molecule has 0 unspecified atom stereocenters. The molecule has 0 N–H and O–H groups in total. The topological polar surface area (TPSA) is 0 Å². The van der Waals surface area contributed by atoms with E-state index in [2.05, 4.69) is 0 Å². The Labute approximate surface area is 37.5 Å². The molecule has 0 radical (unpaired) electrons. The maximum absolute atomic E-state index is 2.00. The fraction of sp³-hybridized carbons (Fsp3) is 0.667. The number of hydrogen-bond donors (Lipinski definition) is 0. The summed E-state index contributed by atoms with van der Waals surface area (Å²) in [5.74, 6) is 0. The molecule has 0 fully saturated rings. The van der Waals surface area contributed by atoms with E-state index >= 15 is 0 Å². The Kier molecular flexibility index (Phi) is 21.5. The third-order valence-electron chi connectivity index (χ3n) is 0. The van der Waals surface area contributed by atoms with Crippen molar-refractivity contribution in [3.05, 3.63) is 6.42 Å². The van der Waals surface area contributed by atoms with Crippen molar-refractivity contribution in [2.75, 3.05) is 0 Å². The van der Waals surface area contributed by atoms with E-state index in [1.807, 2.05) is 20.3 Å². The summed E-state index contributed by atoms with van der Waals surface area (Å²) in [5.41, 5.74) is 0. The van der Waals surface area contributed by atoms with Crippen LogP contribution in [0.25, 0.3) is 0 Å². The van der Waals surface area contributed by atoms with Gasteiger partial charge >= 0.3 is 0 Å². The van der Waals surface area contributed by atoms with Crippen LogP contribution >= 0.6 is 0 Å². The Balaban J connectivity index is 0. The molecule has 4 heavy (non-hydrogen) atoms. The van der Waals surface area contributed by atoms with Crippen LogP contribution in [0.4, 0.5) is 0 Å². The SMILES string of the molecule is C[CH-]C.[Ni]. The van der Waals surface area contributed by atoms with Gasteiger partial charge in [0.15, 0.2) is 0 Å². The molecule has 0 aliphatic heterocycles. The van der Waals surface area contributed by atoms with Gasteiger partial charge in [0.2, 0.25) is 0 Å².